The monoisotopic (exact) mass is 768 g/mol. The number of aliphatic hydroxyl groups is 4. The Hall–Kier alpha value is -4.82. The Labute approximate surface area is 325 Å². The van der Waals surface area contributed by atoms with Crippen LogP contribution in [0.25, 0.3) is 5.70 Å². The van der Waals surface area contributed by atoms with Crippen molar-refractivity contribution in [3.05, 3.63) is 83.0 Å². The summed E-state index contributed by atoms with van der Waals surface area (Å²) >= 11 is 0. The van der Waals surface area contributed by atoms with Crippen LogP contribution in [-0.2, 0) is 9.59 Å². The Morgan fingerprint density at radius 1 is 0.946 bits per heavy atom. The molecule has 10 N–H and O–H groups in total. The smallest absolute Gasteiger partial charge is 0.323 e. The molecule has 1 aliphatic heterocycles. The van der Waals surface area contributed by atoms with Crippen LogP contribution in [0.5, 0.6) is 5.75 Å². The molecule has 0 saturated heterocycles. The lowest BCUT2D eigenvalue weighted by Gasteiger charge is -2.69. The minimum absolute atomic E-state index is 0.119. The minimum atomic E-state index is -2.90. The number of phenolic OH excluding ortho intramolecular Hbond substituents is 1. The van der Waals surface area contributed by atoms with Gasteiger partial charge in [-0.2, -0.15) is 0 Å². The highest BCUT2D eigenvalue weighted by Crippen LogP contribution is 2.68. The van der Waals surface area contributed by atoms with Crippen molar-refractivity contribution in [1.29, 1.82) is 0 Å². The summed E-state index contributed by atoms with van der Waals surface area (Å²) in [6.07, 6.45) is 3.26. The van der Waals surface area contributed by atoms with Crippen molar-refractivity contribution in [2.75, 3.05) is 10.6 Å². The van der Waals surface area contributed by atoms with Crippen molar-refractivity contribution in [3.63, 3.8) is 0 Å². The number of amides is 3. The van der Waals surface area contributed by atoms with Crippen LogP contribution in [0.3, 0.4) is 0 Å². The van der Waals surface area contributed by atoms with Crippen molar-refractivity contribution in [2.24, 2.45) is 52.1 Å². The molecule has 2 saturated carbocycles. The lowest BCUT2D eigenvalue weighted by Crippen LogP contribution is -2.83. The van der Waals surface area contributed by atoms with E-state index in [1.165, 1.54) is 18.6 Å². The number of nitrogens with two attached hydrogens (primary N) is 1. The molecule has 2 fully saturated rings. The zero-order valence-electron chi connectivity index (χ0n) is 32.6. The second kappa shape index (κ2) is 13.4. The molecule has 2 aromatic carbocycles. The van der Waals surface area contributed by atoms with Gasteiger partial charge in [0.25, 0.3) is 0 Å². The fourth-order valence-corrected chi connectivity index (χ4v) is 10.9. The number of urea groups is 1. The van der Waals surface area contributed by atoms with E-state index in [2.05, 4.69) is 54.1 Å². The Morgan fingerprint density at radius 2 is 1.61 bits per heavy atom. The summed E-state index contributed by atoms with van der Waals surface area (Å²) < 4.78 is 0. The number of carbonyl (C=O) groups is 4. The third-order valence-corrected chi connectivity index (χ3v) is 14.0. The molecule has 298 valence electrons. The molecule has 0 aromatic heterocycles. The summed E-state index contributed by atoms with van der Waals surface area (Å²) in [6.45, 7) is 12.4. The van der Waals surface area contributed by atoms with Gasteiger partial charge in [-0.3, -0.25) is 14.4 Å². The number of aliphatic hydroxyl groups excluding tert-OH is 3. The normalized spacial score (nSPS) is 37.1. The topological polar surface area (TPSA) is 232 Å². The summed E-state index contributed by atoms with van der Waals surface area (Å²) in [4.78, 5) is 54.4. The minimum Gasteiger partial charge on any atom is -0.505 e. The molecule has 1 heterocycles. The van der Waals surface area contributed by atoms with Crippen molar-refractivity contribution >= 4 is 40.6 Å². The highest BCUT2D eigenvalue weighted by atomic mass is 16.4. The van der Waals surface area contributed by atoms with Crippen LogP contribution in [0.4, 0.5) is 16.2 Å². The number of allylic oxidation sites excluding steroid dienone is 2. The average Bonchev–Trinajstić information content (AvgIpc) is 3.56. The second-order valence-corrected chi connectivity index (χ2v) is 17.4. The van der Waals surface area contributed by atoms with Gasteiger partial charge in [-0.05, 0) is 58.6 Å². The first-order valence-corrected chi connectivity index (χ1v) is 19.3. The molecule has 4 unspecified atom stereocenters. The SMILES string of the molecule is CC(C)C1=CC2NC(c3ccc(NC(=O)Nc4ccc5c(c4O)C(=O)[C@@H]4C(O)[C@@]6(O)C(=O)[C@H](C(N)=O)C(O)[C@H](C(C)C)[C@@]6(C)[C@H](O)[C@@]4(C)[C@@H]5C)cc3)=CC2C=C1. The van der Waals surface area contributed by atoms with Crippen LogP contribution < -0.4 is 21.7 Å². The summed E-state index contributed by atoms with van der Waals surface area (Å²) in [5.41, 5.74) is 2.79. The van der Waals surface area contributed by atoms with Gasteiger partial charge in [0.1, 0.15) is 17.8 Å². The molecule has 13 nitrogen and oxygen atoms in total. The lowest BCUT2D eigenvalue weighted by atomic mass is 9.36. The van der Waals surface area contributed by atoms with Crippen LogP contribution in [0.2, 0.25) is 0 Å². The molecule has 2 aromatic rings. The van der Waals surface area contributed by atoms with Crippen LogP contribution in [-0.4, -0.2) is 79.0 Å². The maximum absolute atomic E-state index is 14.6. The Kier molecular flexibility index (Phi) is 9.43. The van der Waals surface area contributed by atoms with E-state index in [9.17, 15) is 44.7 Å². The highest BCUT2D eigenvalue weighted by molar-refractivity contribution is 6.11. The maximum atomic E-state index is 14.6. The predicted molar refractivity (Wildman–Crippen MR) is 209 cm³/mol. The maximum Gasteiger partial charge on any atom is 0.323 e. The average molecular weight is 769 g/mol. The van der Waals surface area contributed by atoms with Crippen LogP contribution in [0, 0.1) is 46.3 Å². The van der Waals surface area contributed by atoms with Crippen molar-refractivity contribution < 1.29 is 44.7 Å². The molecule has 56 heavy (non-hydrogen) atoms. The fraction of sp³-hybridized carbons (Fsp3) is 0.488. The lowest BCUT2D eigenvalue weighted by molar-refractivity contribution is -0.306. The van der Waals surface area contributed by atoms with Crippen molar-refractivity contribution in [1.82, 2.24) is 5.32 Å². The molecule has 0 bridgehead atoms. The number of ketones is 2. The molecule has 3 amide bonds. The Balaban J connectivity index is 1.15. The number of Topliss-reactive ketones (excluding diaryl/α,β-unsaturated/α-hetero) is 2. The van der Waals surface area contributed by atoms with Gasteiger partial charge in [-0.15, -0.1) is 0 Å². The largest absolute Gasteiger partial charge is 0.505 e. The van der Waals surface area contributed by atoms with E-state index in [-0.39, 0.29) is 23.2 Å². The number of primary amides is 1. The van der Waals surface area contributed by atoms with E-state index in [1.54, 1.807) is 45.9 Å². The van der Waals surface area contributed by atoms with Gasteiger partial charge < -0.3 is 47.2 Å². The molecule has 7 rings (SSSR count). The first-order chi connectivity index (χ1) is 26.2. The van der Waals surface area contributed by atoms with Crippen LogP contribution in [0.1, 0.15) is 75.9 Å². The molecule has 4 aliphatic carbocycles. The molecule has 0 spiro atoms. The standard InChI is InChI=1S/C43H52N4O9/c1-18(2)22-8-9-23-17-27(46-28(23)16-22)21-10-12-24(13-11-21)45-40(55)47-26-15-14-25-20(5)41(6)32(34(49)29(25)33(26)48)37(52)43(56)36(51)30(38(44)53)35(50)31(19(3)4)42(43,7)39(41)54/h8-20,23,28,30-32,35,37,39,46,48,50,52,54,56H,1-7H3,(H2,44,53)(H2,45,47,55)/t20-,23?,28?,30-,31+,32-,35?,37?,39-,41+,42+,43+/m1/s1. The quantitative estimate of drug-likeness (QED) is 0.152. The predicted octanol–water partition coefficient (Wildman–Crippen LogP) is 3.83. The molecule has 13 heteroatoms. The third kappa shape index (κ3) is 5.34. The number of fused-ring (bicyclic) bond motifs is 4. The number of carbonyl (C=O) groups excluding carboxylic acids is 4. The van der Waals surface area contributed by atoms with Gasteiger partial charge in [0, 0.05) is 28.1 Å². The summed E-state index contributed by atoms with van der Waals surface area (Å²) in [5.74, 6) is -9.29. The zero-order valence-corrected chi connectivity index (χ0v) is 32.6. The number of hydrogen-bond acceptors (Lipinski definition) is 10. The zero-order chi connectivity index (χ0) is 41.0. The Morgan fingerprint density at radius 3 is 2.21 bits per heavy atom. The van der Waals surface area contributed by atoms with Gasteiger partial charge in [0.05, 0.1) is 35.4 Å². The number of phenols is 1. The number of aromatic hydroxyl groups is 1. The molecule has 0 radical (unpaired) electrons. The van der Waals surface area contributed by atoms with Gasteiger partial charge in [-0.25, -0.2) is 4.79 Å². The number of nitrogens with one attached hydrogen (secondary N) is 3. The highest BCUT2D eigenvalue weighted by Gasteiger charge is 2.80. The summed E-state index contributed by atoms with van der Waals surface area (Å²) in [5, 5.41) is 68.7. The molecule has 12 atom stereocenters. The van der Waals surface area contributed by atoms with Gasteiger partial charge in [-0.1, -0.05) is 91.0 Å². The van der Waals surface area contributed by atoms with Crippen LogP contribution in [0.15, 0.2) is 66.3 Å². The Bertz CT molecular complexity index is 2110. The molecule has 5 aliphatic rings. The number of benzene rings is 2. The summed E-state index contributed by atoms with van der Waals surface area (Å²) in [7, 11) is 0. The first kappa shape index (κ1) is 39.4. The molecular weight excluding hydrogens is 716 g/mol. The van der Waals surface area contributed by atoms with E-state index < -0.39 is 93.6 Å². The van der Waals surface area contributed by atoms with Crippen LogP contribution >= 0.6 is 0 Å². The number of rotatable bonds is 6. The second-order valence-electron chi connectivity index (χ2n) is 17.4. The van der Waals surface area contributed by atoms with E-state index in [4.69, 9.17) is 5.73 Å². The first-order valence-electron chi connectivity index (χ1n) is 19.3. The van der Waals surface area contributed by atoms with E-state index in [0.29, 0.717) is 17.2 Å². The fourth-order valence-electron chi connectivity index (χ4n) is 10.9. The van der Waals surface area contributed by atoms with E-state index in [1.807, 2.05) is 12.1 Å². The summed E-state index contributed by atoms with van der Waals surface area (Å²) in [6, 6.07) is 9.70. The third-order valence-electron chi connectivity index (χ3n) is 14.0. The number of hydrogen-bond donors (Lipinski definition) is 9. The van der Waals surface area contributed by atoms with Gasteiger partial charge in [0.2, 0.25) is 5.91 Å². The van der Waals surface area contributed by atoms with Crippen molar-refractivity contribution in [2.45, 2.75) is 84.3 Å². The van der Waals surface area contributed by atoms with Gasteiger partial charge >= 0.3 is 6.03 Å². The van der Waals surface area contributed by atoms with E-state index in [0.717, 1.165) is 11.3 Å². The molecular formula is C43H52N4O9. The number of anilines is 2. The van der Waals surface area contributed by atoms with Gasteiger partial charge in [0.15, 0.2) is 17.2 Å². The van der Waals surface area contributed by atoms with Crippen molar-refractivity contribution in [3.8, 4) is 5.75 Å². The van der Waals surface area contributed by atoms with E-state index >= 15 is 0 Å².